The van der Waals surface area contributed by atoms with Gasteiger partial charge in [0.15, 0.2) is 0 Å². The van der Waals surface area contributed by atoms with Crippen LogP contribution in [0.4, 0.5) is 0 Å². The fourth-order valence-corrected chi connectivity index (χ4v) is 5.22. The summed E-state index contributed by atoms with van der Waals surface area (Å²) < 4.78 is 6.21. The van der Waals surface area contributed by atoms with Gasteiger partial charge in [0.25, 0.3) is 11.5 Å². The van der Waals surface area contributed by atoms with Crippen LogP contribution in [-0.4, -0.2) is 54.3 Å². The molecule has 1 saturated heterocycles. The number of hydrogen-bond donors (Lipinski definition) is 2. The van der Waals surface area contributed by atoms with Gasteiger partial charge in [0.2, 0.25) is 0 Å². The summed E-state index contributed by atoms with van der Waals surface area (Å²) >= 11 is 7.61. The van der Waals surface area contributed by atoms with E-state index in [0.29, 0.717) is 28.8 Å². The van der Waals surface area contributed by atoms with E-state index in [9.17, 15) is 9.59 Å². The van der Waals surface area contributed by atoms with E-state index in [1.807, 2.05) is 49.6 Å². The van der Waals surface area contributed by atoms with Crippen LogP contribution < -0.4 is 15.6 Å². The molecule has 2 heterocycles. The molecule has 3 aromatic rings. The standard InChI is InChI=1S/C27H32ClN3O3S/c1-17(16-31-10-8-20(9-11-31)34-25-7-4-19(28)12-18(25)2)14-29-27(33)24-15-30-26(32)23-13-21(35-3)5-6-22(23)24/h4-7,12-13,15,17,20H,8-11,14,16H2,1-3H3,(H,29,33)(H,30,32)/t17-/m1/s1. The quantitative estimate of drug-likeness (QED) is 0.409. The molecule has 0 bridgehead atoms. The minimum atomic E-state index is -0.181. The van der Waals surface area contributed by atoms with Crippen molar-refractivity contribution in [1.82, 2.24) is 15.2 Å². The molecule has 2 N–H and O–H groups in total. The molecule has 0 radical (unpaired) electrons. The Hall–Kier alpha value is -2.48. The van der Waals surface area contributed by atoms with Crippen LogP contribution in [0.3, 0.4) is 0 Å². The predicted molar refractivity (Wildman–Crippen MR) is 144 cm³/mol. The molecule has 35 heavy (non-hydrogen) atoms. The molecule has 0 spiro atoms. The number of carbonyl (C=O) groups is 1. The predicted octanol–water partition coefficient (Wildman–Crippen LogP) is 5.12. The second-order valence-corrected chi connectivity index (χ2v) is 10.6. The van der Waals surface area contributed by atoms with Crippen LogP contribution in [0.15, 0.2) is 52.3 Å². The molecule has 1 aliphatic heterocycles. The summed E-state index contributed by atoms with van der Waals surface area (Å²) in [5.41, 5.74) is 1.37. The second kappa shape index (κ2) is 11.5. The summed E-state index contributed by atoms with van der Waals surface area (Å²) in [7, 11) is 0. The Morgan fingerprint density at radius 3 is 2.71 bits per heavy atom. The number of thioether (sulfide) groups is 1. The number of benzene rings is 2. The van der Waals surface area contributed by atoms with Gasteiger partial charge in [0, 0.05) is 53.1 Å². The van der Waals surface area contributed by atoms with E-state index in [0.717, 1.165) is 53.7 Å². The molecule has 1 aliphatic rings. The van der Waals surface area contributed by atoms with E-state index in [1.165, 1.54) is 6.20 Å². The molecule has 1 aromatic heterocycles. The van der Waals surface area contributed by atoms with E-state index in [1.54, 1.807) is 11.8 Å². The van der Waals surface area contributed by atoms with Gasteiger partial charge < -0.3 is 19.9 Å². The number of fused-ring (bicyclic) bond motifs is 1. The highest BCUT2D eigenvalue weighted by Crippen LogP contribution is 2.26. The molecule has 186 valence electrons. The minimum absolute atomic E-state index is 0.166. The number of rotatable bonds is 8. The largest absolute Gasteiger partial charge is 0.490 e. The van der Waals surface area contributed by atoms with E-state index in [-0.39, 0.29) is 17.6 Å². The zero-order valence-electron chi connectivity index (χ0n) is 20.4. The van der Waals surface area contributed by atoms with Crippen molar-refractivity contribution in [1.29, 1.82) is 0 Å². The second-order valence-electron chi connectivity index (χ2n) is 9.29. The number of aromatic amines is 1. The fraction of sp³-hybridized carbons (Fsp3) is 0.407. The van der Waals surface area contributed by atoms with Gasteiger partial charge in [-0.3, -0.25) is 9.59 Å². The van der Waals surface area contributed by atoms with Crippen LogP contribution in [0.2, 0.25) is 5.02 Å². The van der Waals surface area contributed by atoms with Crippen molar-refractivity contribution in [2.45, 2.75) is 37.7 Å². The molecule has 0 aliphatic carbocycles. The number of pyridine rings is 1. The SMILES string of the molecule is CSc1ccc2c(C(=O)NC[C@@H](C)CN3CCC(Oc4ccc(Cl)cc4C)CC3)c[nH]c(=O)c2c1. The summed E-state index contributed by atoms with van der Waals surface area (Å²) in [6, 6.07) is 11.4. The summed E-state index contributed by atoms with van der Waals surface area (Å²) in [6.07, 6.45) is 5.63. The van der Waals surface area contributed by atoms with Crippen LogP contribution in [0.5, 0.6) is 5.75 Å². The van der Waals surface area contributed by atoms with E-state index >= 15 is 0 Å². The number of carbonyl (C=O) groups excluding carboxylic acids is 1. The molecular formula is C27H32ClN3O3S. The first kappa shape index (κ1) is 25.6. The van der Waals surface area contributed by atoms with E-state index in [4.69, 9.17) is 16.3 Å². The first-order chi connectivity index (χ1) is 16.8. The van der Waals surface area contributed by atoms with Gasteiger partial charge in [0.05, 0.1) is 5.56 Å². The Labute approximate surface area is 215 Å². The van der Waals surface area contributed by atoms with Gasteiger partial charge in [-0.15, -0.1) is 11.8 Å². The molecule has 1 fully saturated rings. The van der Waals surface area contributed by atoms with Gasteiger partial charge in [-0.1, -0.05) is 24.6 Å². The minimum Gasteiger partial charge on any atom is -0.490 e. The summed E-state index contributed by atoms with van der Waals surface area (Å²) in [4.78, 5) is 31.3. The Morgan fingerprint density at radius 2 is 2.00 bits per heavy atom. The topological polar surface area (TPSA) is 74.4 Å². The number of hydrogen-bond acceptors (Lipinski definition) is 5. The lowest BCUT2D eigenvalue weighted by Gasteiger charge is -2.34. The lowest BCUT2D eigenvalue weighted by Crippen LogP contribution is -2.42. The van der Waals surface area contributed by atoms with Crippen molar-refractivity contribution in [3.63, 3.8) is 0 Å². The number of halogens is 1. The molecule has 1 amide bonds. The number of likely N-dealkylation sites (tertiary alicyclic amines) is 1. The van der Waals surface area contributed by atoms with Gasteiger partial charge in [-0.2, -0.15) is 0 Å². The molecular weight excluding hydrogens is 482 g/mol. The smallest absolute Gasteiger partial charge is 0.255 e. The summed E-state index contributed by atoms with van der Waals surface area (Å²) in [6.45, 7) is 7.59. The summed E-state index contributed by atoms with van der Waals surface area (Å²) in [5, 5.41) is 4.99. The maximum Gasteiger partial charge on any atom is 0.255 e. The van der Waals surface area contributed by atoms with Gasteiger partial charge >= 0.3 is 0 Å². The third-order valence-electron chi connectivity index (χ3n) is 6.50. The Bertz CT molecular complexity index is 1250. The molecule has 1 atom stereocenters. The maximum atomic E-state index is 12.9. The van der Waals surface area contributed by atoms with Gasteiger partial charge in [-0.05, 0) is 67.8 Å². The third kappa shape index (κ3) is 6.40. The first-order valence-electron chi connectivity index (χ1n) is 12.0. The first-order valence-corrected chi connectivity index (χ1v) is 13.6. The fourth-order valence-electron chi connectivity index (χ4n) is 4.56. The Kier molecular flexibility index (Phi) is 8.42. The lowest BCUT2D eigenvalue weighted by atomic mass is 10.0. The monoisotopic (exact) mass is 513 g/mol. The van der Waals surface area contributed by atoms with Gasteiger partial charge in [-0.25, -0.2) is 0 Å². The molecule has 0 unspecified atom stereocenters. The van der Waals surface area contributed by atoms with Crippen LogP contribution in [0.25, 0.3) is 10.8 Å². The number of nitrogens with zero attached hydrogens (tertiary/aromatic N) is 1. The van der Waals surface area contributed by atoms with Crippen molar-refractivity contribution in [2.24, 2.45) is 5.92 Å². The van der Waals surface area contributed by atoms with Crippen molar-refractivity contribution in [3.05, 3.63) is 69.1 Å². The number of aryl methyl sites for hydroxylation is 1. The number of ether oxygens (including phenoxy) is 1. The number of piperidine rings is 1. The molecule has 2 aromatic carbocycles. The summed E-state index contributed by atoms with van der Waals surface area (Å²) in [5.74, 6) is 1.04. The van der Waals surface area contributed by atoms with E-state index in [2.05, 4.69) is 22.1 Å². The third-order valence-corrected chi connectivity index (χ3v) is 7.46. The van der Waals surface area contributed by atoms with Crippen molar-refractivity contribution in [3.8, 4) is 5.75 Å². The number of amides is 1. The van der Waals surface area contributed by atoms with E-state index < -0.39 is 0 Å². The average molecular weight is 514 g/mol. The molecule has 0 saturated carbocycles. The van der Waals surface area contributed by atoms with Crippen molar-refractivity contribution < 1.29 is 9.53 Å². The Morgan fingerprint density at radius 1 is 1.23 bits per heavy atom. The molecule has 8 heteroatoms. The van der Waals surface area contributed by atoms with Crippen LogP contribution in [-0.2, 0) is 0 Å². The van der Waals surface area contributed by atoms with Crippen LogP contribution >= 0.6 is 23.4 Å². The Balaban J connectivity index is 1.27. The van der Waals surface area contributed by atoms with Crippen LogP contribution in [0, 0.1) is 12.8 Å². The lowest BCUT2D eigenvalue weighted by molar-refractivity contribution is 0.0883. The average Bonchev–Trinajstić information content (AvgIpc) is 2.85. The molecule has 4 rings (SSSR count). The zero-order chi connectivity index (χ0) is 24.9. The van der Waals surface area contributed by atoms with Gasteiger partial charge in [0.1, 0.15) is 11.9 Å². The normalized spacial score (nSPS) is 15.8. The maximum absolute atomic E-state index is 12.9. The highest BCUT2D eigenvalue weighted by Gasteiger charge is 2.22. The highest BCUT2D eigenvalue weighted by atomic mass is 35.5. The number of H-pyrrole nitrogens is 1. The zero-order valence-corrected chi connectivity index (χ0v) is 22.0. The number of aromatic nitrogens is 1. The highest BCUT2D eigenvalue weighted by molar-refractivity contribution is 7.98. The van der Waals surface area contributed by atoms with Crippen molar-refractivity contribution in [2.75, 3.05) is 32.4 Å². The van der Waals surface area contributed by atoms with Crippen LogP contribution in [0.1, 0.15) is 35.7 Å². The van der Waals surface area contributed by atoms with Crippen molar-refractivity contribution >= 4 is 40.0 Å². The molecule has 6 nitrogen and oxygen atoms in total. The number of nitrogens with one attached hydrogen (secondary N) is 2.